The number of aromatic nitrogens is 2. The van der Waals surface area contributed by atoms with Gasteiger partial charge < -0.3 is 9.73 Å². The highest BCUT2D eigenvalue weighted by Gasteiger charge is 2.22. The van der Waals surface area contributed by atoms with E-state index >= 15 is 0 Å². The lowest BCUT2D eigenvalue weighted by Gasteiger charge is -2.08. The molecule has 0 radical (unpaired) electrons. The van der Waals surface area contributed by atoms with E-state index in [1.165, 1.54) is 10.9 Å². The van der Waals surface area contributed by atoms with E-state index in [0.29, 0.717) is 36.2 Å². The fourth-order valence-electron chi connectivity index (χ4n) is 2.50. The van der Waals surface area contributed by atoms with E-state index in [0.717, 1.165) is 6.42 Å². The van der Waals surface area contributed by atoms with E-state index in [2.05, 4.69) is 24.1 Å². The summed E-state index contributed by atoms with van der Waals surface area (Å²) in [4.78, 5) is 29.3. The van der Waals surface area contributed by atoms with E-state index in [1.54, 1.807) is 6.92 Å². The van der Waals surface area contributed by atoms with Crippen LogP contribution >= 0.6 is 0 Å². The third kappa shape index (κ3) is 3.81. The zero-order chi connectivity index (χ0) is 17.1. The first kappa shape index (κ1) is 17.2. The van der Waals surface area contributed by atoms with Gasteiger partial charge in [0.2, 0.25) is 5.71 Å². The maximum absolute atomic E-state index is 12.7. The number of hydrogen-bond acceptors (Lipinski definition) is 4. The maximum atomic E-state index is 12.7. The molecular weight excluding hydrogens is 294 g/mol. The van der Waals surface area contributed by atoms with Crippen LogP contribution in [0.2, 0.25) is 0 Å². The number of carbonyl (C=O) groups is 1. The number of amides is 1. The fraction of sp³-hybridized carbons (Fsp3) is 0.588. The number of nitrogens with zero attached hydrogens (tertiary/aromatic N) is 2. The molecule has 2 aromatic rings. The average molecular weight is 319 g/mol. The van der Waals surface area contributed by atoms with Crippen molar-refractivity contribution in [2.45, 2.75) is 47.6 Å². The minimum Gasteiger partial charge on any atom is -0.442 e. The van der Waals surface area contributed by atoms with Crippen molar-refractivity contribution in [3.05, 3.63) is 28.0 Å². The van der Waals surface area contributed by atoms with Gasteiger partial charge in [-0.25, -0.2) is 4.98 Å². The lowest BCUT2D eigenvalue weighted by atomic mass is 10.1. The largest absolute Gasteiger partial charge is 0.442 e. The molecule has 0 unspecified atom stereocenters. The molecule has 0 saturated carbocycles. The Morgan fingerprint density at radius 1 is 1.30 bits per heavy atom. The Bertz CT molecular complexity index is 756. The summed E-state index contributed by atoms with van der Waals surface area (Å²) < 4.78 is 7.04. The summed E-state index contributed by atoms with van der Waals surface area (Å²) in [5.74, 6) is 0.961. The van der Waals surface area contributed by atoms with E-state index in [4.69, 9.17) is 4.42 Å². The van der Waals surface area contributed by atoms with E-state index < -0.39 is 0 Å². The summed E-state index contributed by atoms with van der Waals surface area (Å²) in [5, 5.41) is 3.13. The third-order valence-corrected chi connectivity index (χ3v) is 3.65. The Labute approximate surface area is 135 Å². The molecule has 0 aromatic carbocycles. The van der Waals surface area contributed by atoms with E-state index in [9.17, 15) is 9.59 Å². The Kier molecular flexibility index (Phi) is 5.23. The molecule has 0 atom stereocenters. The molecule has 1 amide bonds. The molecule has 6 heteroatoms. The highest BCUT2D eigenvalue weighted by molar-refractivity contribution is 6.06. The number of furan rings is 1. The number of fused-ring (bicyclic) bond motifs is 1. The number of hydrogen-bond donors (Lipinski definition) is 1. The van der Waals surface area contributed by atoms with Gasteiger partial charge >= 0.3 is 0 Å². The van der Waals surface area contributed by atoms with Gasteiger partial charge in [-0.2, -0.15) is 0 Å². The van der Waals surface area contributed by atoms with Gasteiger partial charge in [0.25, 0.3) is 11.5 Å². The molecule has 0 aliphatic rings. The normalized spacial score (nSPS) is 11.6. The first-order valence-corrected chi connectivity index (χ1v) is 8.08. The van der Waals surface area contributed by atoms with Crippen molar-refractivity contribution >= 4 is 17.0 Å². The maximum Gasteiger partial charge on any atom is 0.265 e. The van der Waals surface area contributed by atoms with Crippen LogP contribution in [0.5, 0.6) is 0 Å². The van der Waals surface area contributed by atoms with Gasteiger partial charge in [-0.15, -0.1) is 0 Å². The molecular formula is C17H25N3O3. The minimum absolute atomic E-state index is 0.224. The van der Waals surface area contributed by atoms with Crippen LogP contribution in [0.3, 0.4) is 0 Å². The van der Waals surface area contributed by atoms with Crippen molar-refractivity contribution in [1.82, 2.24) is 14.9 Å². The van der Waals surface area contributed by atoms with Gasteiger partial charge in [-0.05, 0) is 25.2 Å². The van der Waals surface area contributed by atoms with Gasteiger partial charge in [0.1, 0.15) is 17.5 Å². The molecule has 1 N–H and O–H groups in total. The molecule has 0 fully saturated rings. The van der Waals surface area contributed by atoms with Crippen LogP contribution in [-0.4, -0.2) is 22.0 Å². The number of rotatable bonds is 6. The second-order valence-corrected chi connectivity index (χ2v) is 6.75. The van der Waals surface area contributed by atoms with E-state index in [1.807, 2.05) is 13.8 Å². The zero-order valence-corrected chi connectivity index (χ0v) is 14.5. The monoisotopic (exact) mass is 319 g/mol. The van der Waals surface area contributed by atoms with Crippen LogP contribution < -0.4 is 10.9 Å². The predicted molar refractivity (Wildman–Crippen MR) is 89.6 cm³/mol. The summed E-state index contributed by atoms with van der Waals surface area (Å²) >= 11 is 0. The van der Waals surface area contributed by atoms with Crippen LogP contribution in [0.15, 0.2) is 15.5 Å². The molecule has 23 heavy (non-hydrogen) atoms. The quantitative estimate of drug-likeness (QED) is 0.888. The van der Waals surface area contributed by atoms with Crippen molar-refractivity contribution in [2.24, 2.45) is 11.8 Å². The first-order chi connectivity index (χ1) is 10.8. The van der Waals surface area contributed by atoms with Crippen LogP contribution in [-0.2, 0) is 6.54 Å². The summed E-state index contributed by atoms with van der Waals surface area (Å²) in [6.07, 6.45) is 2.37. The summed E-state index contributed by atoms with van der Waals surface area (Å²) in [6.45, 7) is 11.1. The Hall–Kier alpha value is -2.11. The molecule has 126 valence electrons. The second kappa shape index (κ2) is 6.98. The van der Waals surface area contributed by atoms with Crippen LogP contribution in [0.1, 0.15) is 50.2 Å². The summed E-state index contributed by atoms with van der Waals surface area (Å²) in [7, 11) is 0. The van der Waals surface area contributed by atoms with Gasteiger partial charge in [0.05, 0.1) is 5.56 Å². The van der Waals surface area contributed by atoms with Crippen LogP contribution in [0.4, 0.5) is 0 Å². The van der Waals surface area contributed by atoms with Crippen molar-refractivity contribution in [3.63, 3.8) is 0 Å². The highest BCUT2D eigenvalue weighted by atomic mass is 16.3. The molecule has 2 heterocycles. The molecule has 0 spiro atoms. The average Bonchev–Trinajstić information content (AvgIpc) is 2.78. The smallest absolute Gasteiger partial charge is 0.265 e. The molecule has 0 saturated heterocycles. The van der Waals surface area contributed by atoms with Crippen molar-refractivity contribution in [1.29, 1.82) is 0 Å². The summed E-state index contributed by atoms with van der Waals surface area (Å²) in [5.41, 5.74) is 0.301. The minimum atomic E-state index is -0.275. The lowest BCUT2D eigenvalue weighted by Crippen LogP contribution is -2.28. The second-order valence-electron chi connectivity index (χ2n) is 6.75. The Morgan fingerprint density at radius 3 is 2.61 bits per heavy atom. The number of aryl methyl sites for hydroxylation is 1. The van der Waals surface area contributed by atoms with Gasteiger partial charge in [-0.1, -0.05) is 27.7 Å². The third-order valence-electron chi connectivity index (χ3n) is 3.65. The summed E-state index contributed by atoms with van der Waals surface area (Å²) in [6, 6.07) is 0. The zero-order valence-electron chi connectivity index (χ0n) is 14.5. The topological polar surface area (TPSA) is 77.1 Å². The SMILES string of the molecule is Cc1oc2ncn(CC(C)C)c(=O)c2c1C(=O)NCCC(C)C. The molecule has 6 nitrogen and oxygen atoms in total. The highest BCUT2D eigenvalue weighted by Crippen LogP contribution is 2.21. The Balaban J connectivity index is 2.40. The number of carbonyl (C=O) groups excluding carboxylic acids is 1. The molecule has 2 rings (SSSR count). The lowest BCUT2D eigenvalue weighted by molar-refractivity contribution is 0.0952. The van der Waals surface area contributed by atoms with Crippen molar-refractivity contribution in [2.75, 3.05) is 6.54 Å². The Morgan fingerprint density at radius 2 is 2.00 bits per heavy atom. The molecule has 0 aliphatic carbocycles. The van der Waals surface area contributed by atoms with E-state index in [-0.39, 0.29) is 22.6 Å². The van der Waals surface area contributed by atoms with Crippen LogP contribution in [0, 0.1) is 18.8 Å². The molecule has 2 aromatic heterocycles. The van der Waals surface area contributed by atoms with Gasteiger partial charge in [0, 0.05) is 13.1 Å². The van der Waals surface area contributed by atoms with Crippen molar-refractivity contribution < 1.29 is 9.21 Å². The first-order valence-electron chi connectivity index (χ1n) is 8.08. The van der Waals surface area contributed by atoms with Gasteiger partial charge in [-0.3, -0.25) is 14.2 Å². The number of nitrogens with one attached hydrogen (secondary N) is 1. The standard InChI is InChI=1S/C17H25N3O3/c1-10(2)6-7-18-15(21)13-12(5)23-16-14(13)17(22)20(9-19-16)8-11(3)4/h9-11H,6-8H2,1-5H3,(H,18,21). The van der Waals surface area contributed by atoms with Gasteiger partial charge in [0.15, 0.2) is 0 Å². The molecule has 0 bridgehead atoms. The van der Waals surface area contributed by atoms with Crippen LogP contribution in [0.25, 0.3) is 11.1 Å². The van der Waals surface area contributed by atoms with Crippen molar-refractivity contribution in [3.8, 4) is 0 Å². The predicted octanol–water partition coefficient (Wildman–Crippen LogP) is 2.73. The fourth-order valence-corrected chi connectivity index (χ4v) is 2.50. The molecule has 0 aliphatic heterocycles.